The van der Waals surface area contributed by atoms with Crippen molar-refractivity contribution in [3.8, 4) is 0 Å². The molecule has 2 saturated heterocycles. The highest BCUT2D eigenvalue weighted by molar-refractivity contribution is 9.11. The van der Waals surface area contributed by atoms with Crippen molar-refractivity contribution < 1.29 is 33.8 Å². The predicted molar refractivity (Wildman–Crippen MR) is 152 cm³/mol. The molecular weight excluding hydrogens is 594 g/mol. The molecule has 1 aromatic carbocycles. The van der Waals surface area contributed by atoms with Crippen LogP contribution >= 0.6 is 15.9 Å². The van der Waals surface area contributed by atoms with Gasteiger partial charge in [-0.3, -0.25) is 19.2 Å². The Hall–Kier alpha value is -3.02. The van der Waals surface area contributed by atoms with Crippen molar-refractivity contribution in [2.45, 2.75) is 62.9 Å². The van der Waals surface area contributed by atoms with Gasteiger partial charge in [0.05, 0.1) is 17.9 Å². The van der Waals surface area contributed by atoms with Gasteiger partial charge in [0.15, 0.2) is 0 Å². The van der Waals surface area contributed by atoms with Gasteiger partial charge in [-0.25, -0.2) is 0 Å². The number of amides is 3. The van der Waals surface area contributed by atoms with E-state index in [0.29, 0.717) is 10.9 Å². The van der Waals surface area contributed by atoms with E-state index < -0.39 is 47.5 Å². The zero-order valence-electron chi connectivity index (χ0n) is 23.2. The summed E-state index contributed by atoms with van der Waals surface area (Å²) in [5, 5.41) is 12.6. The van der Waals surface area contributed by atoms with Gasteiger partial charge in [0.1, 0.15) is 24.4 Å². The fraction of sp³-hybridized carbons (Fsp3) is 0.533. The van der Waals surface area contributed by atoms with Crippen molar-refractivity contribution >= 4 is 39.6 Å². The first-order valence-electron chi connectivity index (χ1n) is 14.1. The summed E-state index contributed by atoms with van der Waals surface area (Å²) < 4.78 is 12.7. The number of nitrogens with zero attached hydrogens (tertiary/aromatic N) is 2. The molecule has 41 heavy (non-hydrogen) atoms. The van der Waals surface area contributed by atoms with Gasteiger partial charge < -0.3 is 29.7 Å². The van der Waals surface area contributed by atoms with E-state index in [1.165, 1.54) is 4.90 Å². The van der Waals surface area contributed by atoms with Crippen LogP contribution in [0.5, 0.6) is 0 Å². The largest absolute Gasteiger partial charge is 0.463 e. The number of carbonyl (C=O) groups excluding carboxylic acids is 4. The van der Waals surface area contributed by atoms with Gasteiger partial charge in [0.25, 0.3) is 0 Å². The van der Waals surface area contributed by atoms with E-state index in [4.69, 9.17) is 9.47 Å². The fourth-order valence-corrected chi connectivity index (χ4v) is 7.15. The maximum absolute atomic E-state index is 14.3. The third-order valence-electron chi connectivity index (χ3n) is 8.34. The lowest BCUT2D eigenvalue weighted by Crippen LogP contribution is -2.57. The van der Waals surface area contributed by atoms with Crippen LogP contribution < -0.4 is 5.32 Å². The fourth-order valence-electron chi connectivity index (χ4n) is 6.42. The minimum Gasteiger partial charge on any atom is -0.463 e. The number of aliphatic hydroxyl groups is 1. The van der Waals surface area contributed by atoms with Crippen molar-refractivity contribution in [3.63, 3.8) is 0 Å². The van der Waals surface area contributed by atoms with Crippen molar-refractivity contribution in [1.29, 1.82) is 0 Å². The molecule has 0 aromatic heterocycles. The second-order valence-electron chi connectivity index (χ2n) is 11.2. The summed E-state index contributed by atoms with van der Waals surface area (Å²) in [4.78, 5) is 58.1. The predicted octanol–water partition coefficient (Wildman–Crippen LogP) is 2.23. The van der Waals surface area contributed by atoms with Crippen LogP contribution in [0.4, 0.5) is 0 Å². The van der Waals surface area contributed by atoms with Gasteiger partial charge in [-0.05, 0) is 38.3 Å². The number of esters is 1. The van der Waals surface area contributed by atoms with E-state index in [-0.39, 0.29) is 57.0 Å². The molecule has 5 rings (SSSR count). The van der Waals surface area contributed by atoms with Crippen LogP contribution in [0.15, 0.2) is 53.0 Å². The molecule has 0 saturated carbocycles. The van der Waals surface area contributed by atoms with Crippen LogP contribution in [0.2, 0.25) is 0 Å². The molecule has 10 nitrogen and oxygen atoms in total. The van der Waals surface area contributed by atoms with Crippen LogP contribution in [0.1, 0.15) is 44.7 Å². The third kappa shape index (κ3) is 5.35. The topological polar surface area (TPSA) is 125 Å². The number of rotatable bonds is 5. The first-order valence-corrected chi connectivity index (χ1v) is 14.9. The summed E-state index contributed by atoms with van der Waals surface area (Å²) in [5.41, 5.74) is -0.586. The Morgan fingerprint density at radius 2 is 1.88 bits per heavy atom. The molecule has 4 aliphatic rings. The van der Waals surface area contributed by atoms with Crippen LogP contribution in [-0.4, -0.2) is 88.7 Å². The second-order valence-corrected chi connectivity index (χ2v) is 12.1. The number of halogens is 1. The maximum Gasteiger partial charge on any atom is 0.306 e. The average Bonchev–Trinajstić information content (AvgIpc) is 3.54. The quantitative estimate of drug-likeness (QED) is 0.378. The Labute approximate surface area is 247 Å². The molecule has 220 valence electrons. The summed E-state index contributed by atoms with van der Waals surface area (Å²) in [6.07, 6.45) is 5.59. The van der Waals surface area contributed by atoms with E-state index in [9.17, 15) is 24.3 Å². The summed E-state index contributed by atoms with van der Waals surface area (Å²) in [7, 11) is 0. The standard InChI is InChI=1S/C30H36BrN3O7/c1-18(2)33-13-8-4-7-12-22(36)40-17-21(19-10-5-3-6-11-19)32-27(37)23-24-28(38)34(14-9-15-35)26(29(33)39)30(24)16-20(31)25(23)41-30/h3-6,8,10-11,16,18,21,23-26,35H,7,9,12-15,17H2,1-2H3,(H,32,37)/b8-4-/t21-,23-,24+,25-,26-,30+/m1/s1. The Kier molecular flexibility index (Phi) is 8.68. The molecule has 0 unspecified atom stereocenters. The Bertz CT molecular complexity index is 1250. The maximum atomic E-state index is 14.3. The van der Waals surface area contributed by atoms with Crippen LogP contribution in [0.25, 0.3) is 0 Å². The Morgan fingerprint density at radius 1 is 1.12 bits per heavy atom. The van der Waals surface area contributed by atoms with Crippen molar-refractivity contribution in [2.75, 3.05) is 26.3 Å². The van der Waals surface area contributed by atoms with Gasteiger partial charge in [0, 0.05) is 36.6 Å². The lowest BCUT2D eigenvalue weighted by Gasteiger charge is -2.37. The molecule has 0 radical (unpaired) electrons. The van der Waals surface area contributed by atoms with Gasteiger partial charge in [-0.1, -0.05) is 58.4 Å². The average molecular weight is 631 g/mol. The molecule has 3 amide bonds. The highest BCUT2D eigenvalue weighted by Crippen LogP contribution is 2.58. The first kappa shape index (κ1) is 29.5. The number of fused-ring (bicyclic) bond motifs is 2. The van der Waals surface area contributed by atoms with Crippen LogP contribution in [0, 0.1) is 11.8 Å². The highest BCUT2D eigenvalue weighted by atomic mass is 79.9. The number of carbonyl (C=O) groups is 4. The number of benzene rings is 1. The molecule has 5 bridgehead atoms. The lowest BCUT2D eigenvalue weighted by molar-refractivity contribution is -0.148. The minimum atomic E-state index is -1.34. The number of hydrogen-bond donors (Lipinski definition) is 2. The van der Waals surface area contributed by atoms with Gasteiger partial charge >= 0.3 is 5.97 Å². The van der Waals surface area contributed by atoms with Crippen LogP contribution in [0.3, 0.4) is 0 Å². The van der Waals surface area contributed by atoms with E-state index in [1.54, 1.807) is 11.0 Å². The molecule has 0 aliphatic carbocycles. The molecule has 11 heteroatoms. The summed E-state index contributed by atoms with van der Waals surface area (Å²) >= 11 is 3.56. The monoisotopic (exact) mass is 629 g/mol. The van der Waals surface area contributed by atoms with Crippen molar-refractivity contribution in [3.05, 3.63) is 58.6 Å². The summed E-state index contributed by atoms with van der Waals surface area (Å²) in [6.45, 7) is 4.01. The van der Waals surface area contributed by atoms with Crippen molar-refractivity contribution in [1.82, 2.24) is 15.1 Å². The van der Waals surface area contributed by atoms with Crippen LogP contribution in [-0.2, 0) is 28.7 Å². The highest BCUT2D eigenvalue weighted by Gasteiger charge is 2.74. The summed E-state index contributed by atoms with van der Waals surface area (Å²) in [6, 6.07) is 7.37. The molecule has 2 N–H and O–H groups in total. The number of allylic oxidation sites excluding steroid dienone is 1. The zero-order valence-corrected chi connectivity index (χ0v) is 24.8. The molecule has 6 atom stereocenters. The van der Waals surface area contributed by atoms with E-state index >= 15 is 0 Å². The van der Waals surface area contributed by atoms with E-state index in [2.05, 4.69) is 21.2 Å². The number of cyclic esters (lactones) is 1. The molecule has 1 spiro atoms. The third-order valence-corrected chi connectivity index (χ3v) is 9.02. The normalized spacial score (nSPS) is 33.1. The summed E-state index contributed by atoms with van der Waals surface area (Å²) in [5.74, 6) is -3.30. The number of nitrogens with one attached hydrogen (secondary N) is 1. The van der Waals surface area contributed by atoms with E-state index in [1.807, 2.05) is 56.3 Å². The Morgan fingerprint density at radius 3 is 2.59 bits per heavy atom. The Balaban J connectivity index is 1.58. The van der Waals surface area contributed by atoms with Gasteiger partial charge in [-0.2, -0.15) is 0 Å². The zero-order chi connectivity index (χ0) is 29.3. The number of likely N-dealkylation sites (tertiary alicyclic amines) is 1. The molecular formula is C30H36BrN3O7. The molecule has 1 aromatic rings. The number of aliphatic hydroxyl groups excluding tert-OH is 1. The van der Waals surface area contributed by atoms with Gasteiger partial charge in [0.2, 0.25) is 17.7 Å². The second kappa shape index (κ2) is 12.1. The van der Waals surface area contributed by atoms with Gasteiger partial charge in [-0.15, -0.1) is 0 Å². The minimum absolute atomic E-state index is 0.0673. The molecule has 4 heterocycles. The number of ether oxygens (including phenoxy) is 2. The molecule has 4 aliphatic heterocycles. The first-order chi connectivity index (χ1) is 19.7. The van der Waals surface area contributed by atoms with Crippen molar-refractivity contribution in [2.24, 2.45) is 11.8 Å². The number of hydrogen-bond acceptors (Lipinski definition) is 7. The van der Waals surface area contributed by atoms with E-state index in [0.717, 1.165) is 5.56 Å². The molecule has 2 fully saturated rings. The smallest absolute Gasteiger partial charge is 0.306 e. The lowest BCUT2D eigenvalue weighted by atomic mass is 9.74. The SMILES string of the molecule is CC(C)N1C/C=C\CCC(=O)OC[C@H](c2ccccc2)NC(=O)[C@H]2[C@@H]3O[C@@]4(C=C3Br)[C@@H]2C(=O)N(CCCO)[C@@H]4C1=O.